The van der Waals surface area contributed by atoms with Crippen molar-refractivity contribution in [1.82, 2.24) is 0 Å². The maximum absolute atomic E-state index is 2.24. The summed E-state index contributed by atoms with van der Waals surface area (Å²) in [6, 6.07) is 24.2. The molecule has 0 unspecified atom stereocenters. The molecule has 0 spiro atoms. The molecule has 21 heavy (non-hydrogen) atoms. The lowest BCUT2D eigenvalue weighted by molar-refractivity contribution is 1.38. The molecule has 3 rings (SSSR count). The van der Waals surface area contributed by atoms with Crippen molar-refractivity contribution in [3.8, 4) is 22.3 Å². The highest BCUT2D eigenvalue weighted by molar-refractivity contribution is 5.71. The average molecular weight is 272 g/mol. The number of rotatable bonds is 2. The highest BCUT2D eigenvalue weighted by Crippen LogP contribution is 2.26. The Balaban J connectivity index is 1.95. The topological polar surface area (TPSA) is 0 Å². The van der Waals surface area contributed by atoms with Gasteiger partial charge in [-0.25, -0.2) is 0 Å². The molecule has 0 aliphatic heterocycles. The van der Waals surface area contributed by atoms with Gasteiger partial charge in [-0.2, -0.15) is 0 Å². The van der Waals surface area contributed by atoms with Crippen LogP contribution in [0.4, 0.5) is 0 Å². The summed E-state index contributed by atoms with van der Waals surface area (Å²) >= 11 is 0. The van der Waals surface area contributed by atoms with Crippen LogP contribution in [-0.2, 0) is 0 Å². The van der Waals surface area contributed by atoms with E-state index in [0.29, 0.717) is 0 Å². The van der Waals surface area contributed by atoms with E-state index in [4.69, 9.17) is 0 Å². The van der Waals surface area contributed by atoms with Gasteiger partial charge in [0.15, 0.2) is 0 Å². The quantitative estimate of drug-likeness (QED) is 0.541. The van der Waals surface area contributed by atoms with Gasteiger partial charge in [-0.05, 0) is 43.0 Å². The van der Waals surface area contributed by atoms with Crippen LogP contribution in [-0.4, -0.2) is 0 Å². The molecule has 0 fully saturated rings. The average Bonchev–Trinajstić information content (AvgIpc) is 2.47. The molecule has 0 N–H and O–H groups in total. The summed E-state index contributed by atoms with van der Waals surface area (Å²) < 4.78 is 0. The van der Waals surface area contributed by atoms with Crippen molar-refractivity contribution in [3.05, 3.63) is 83.4 Å². The fourth-order valence-electron chi connectivity index (χ4n) is 2.74. The van der Waals surface area contributed by atoms with Crippen molar-refractivity contribution in [3.63, 3.8) is 0 Å². The van der Waals surface area contributed by atoms with Crippen LogP contribution in [0.1, 0.15) is 16.7 Å². The Hall–Kier alpha value is -2.34. The van der Waals surface area contributed by atoms with Gasteiger partial charge in [0, 0.05) is 0 Å². The Morgan fingerprint density at radius 2 is 0.762 bits per heavy atom. The van der Waals surface area contributed by atoms with Crippen molar-refractivity contribution in [1.29, 1.82) is 0 Å². The van der Waals surface area contributed by atoms with E-state index in [0.717, 1.165) is 0 Å². The molecule has 0 amide bonds. The van der Waals surface area contributed by atoms with E-state index >= 15 is 0 Å². The van der Waals surface area contributed by atoms with E-state index in [1.165, 1.54) is 38.9 Å². The van der Waals surface area contributed by atoms with E-state index in [-0.39, 0.29) is 0 Å². The van der Waals surface area contributed by atoms with Crippen LogP contribution in [0.3, 0.4) is 0 Å². The van der Waals surface area contributed by atoms with E-state index in [2.05, 4.69) is 87.5 Å². The molecule has 0 nitrogen and oxygen atoms in total. The molecule has 0 heteroatoms. The van der Waals surface area contributed by atoms with Gasteiger partial charge in [0.05, 0.1) is 0 Å². The summed E-state index contributed by atoms with van der Waals surface area (Å²) in [4.78, 5) is 0. The molecule has 3 aromatic carbocycles. The summed E-state index contributed by atoms with van der Waals surface area (Å²) in [6.07, 6.45) is 0. The second-order valence-electron chi connectivity index (χ2n) is 5.82. The lowest BCUT2D eigenvalue weighted by atomic mass is 9.98. The molecule has 0 atom stereocenters. The minimum atomic E-state index is 1.27. The third kappa shape index (κ3) is 3.05. The predicted octanol–water partition coefficient (Wildman–Crippen LogP) is 5.95. The molecule has 0 aliphatic carbocycles. The molecule has 0 aromatic heterocycles. The molecule has 0 bridgehead atoms. The molecule has 0 heterocycles. The Morgan fingerprint density at radius 3 is 1.24 bits per heavy atom. The van der Waals surface area contributed by atoms with Crippen molar-refractivity contribution in [2.45, 2.75) is 20.8 Å². The first kappa shape index (κ1) is 13.6. The van der Waals surface area contributed by atoms with Gasteiger partial charge in [0.25, 0.3) is 0 Å². The summed E-state index contributed by atoms with van der Waals surface area (Å²) in [6.45, 7) is 6.42. The Morgan fingerprint density at radius 1 is 0.381 bits per heavy atom. The van der Waals surface area contributed by atoms with Crippen LogP contribution in [0.25, 0.3) is 22.3 Å². The maximum Gasteiger partial charge on any atom is -0.0179 e. The lowest BCUT2D eigenvalue weighted by Crippen LogP contribution is -1.84. The second-order valence-corrected chi connectivity index (χ2v) is 5.82. The van der Waals surface area contributed by atoms with E-state index < -0.39 is 0 Å². The molecular weight excluding hydrogens is 252 g/mol. The van der Waals surface area contributed by atoms with E-state index in [9.17, 15) is 0 Å². The van der Waals surface area contributed by atoms with E-state index in [1.807, 2.05) is 0 Å². The second kappa shape index (κ2) is 5.57. The highest BCUT2D eigenvalue weighted by Gasteiger charge is 2.01. The normalized spacial score (nSPS) is 10.6. The third-order valence-electron chi connectivity index (χ3n) is 3.82. The standard InChI is InChI=1S/C21H20/c1-15-4-6-18(7-5-15)19-8-10-20(11-9-19)21-13-16(2)12-17(3)14-21/h4-14H,1-3H3. The minimum Gasteiger partial charge on any atom is -0.0587 e. The lowest BCUT2D eigenvalue weighted by Gasteiger charge is -2.07. The van der Waals surface area contributed by atoms with Crippen LogP contribution in [0.5, 0.6) is 0 Å². The largest absolute Gasteiger partial charge is 0.0587 e. The zero-order valence-electron chi connectivity index (χ0n) is 12.9. The van der Waals surface area contributed by atoms with E-state index in [1.54, 1.807) is 0 Å². The summed E-state index contributed by atoms with van der Waals surface area (Å²) in [7, 11) is 0. The summed E-state index contributed by atoms with van der Waals surface area (Å²) in [5.74, 6) is 0. The monoisotopic (exact) mass is 272 g/mol. The van der Waals surface area contributed by atoms with Crippen LogP contribution in [0.15, 0.2) is 66.7 Å². The molecular formula is C21H20. The third-order valence-corrected chi connectivity index (χ3v) is 3.82. The van der Waals surface area contributed by atoms with Crippen molar-refractivity contribution in [2.24, 2.45) is 0 Å². The Kier molecular flexibility index (Phi) is 3.62. The van der Waals surface area contributed by atoms with Crippen LogP contribution >= 0.6 is 0 Å². The highest BCUT2D eigenvalue weighted by atomic mass is 14.1. The first-order valence-corrected chi connectivity index (χ1v) is 7.37. The zero-order chi connectivity index (χ0) is 14.8. The van der Waals surface area contributed by atoms with Gasteiger partial charge in [-0.1, -0.05) is 83.4 Å². The van der Waals surface area contributed by atoms with Crippen molar-refractivity contribution >= 4 is 0 Å². The zero-order valence-corrected chi connectivity index (χ0v) is 12.9. The van der Waals surface area contributed by atoms with Gasteiger partial charge in [0.1, 0.15) is 0 Å². The molecule has 0 radical (unpaired) electrons. The van der Waals surface area contributed by atoms with Crippen LogP contribution < -0.4 is 0 Å². The fourth-order valence-corrected chi connectivity index (χ4v) is 2.74. The SMILES string of the molecule is Cc1ccc(-c2ccc(-c3cc(C)cc(C)c3)cc2)cc1. The van der Waals surface area contributed by atoms with Gasteiger partial charge in [-0.3, -0.25) is 0 Å². The Bertz CT molecular complexity index is 727. The predicted molar refractivity (Wildman–Crippen MR) is 91.5 cm³/mol. The maximum atomic E-state index is 2.24. The van der Waals surface area contributed by atoms with Gasteiger partial charge in [0.2, 0.25) is 0 Å². The Labute approximate surface area is 127 Å². The summed E-state index contributed by atoms with van der Waals surface area (Å²) in [5.41, 5.74) is 9.03. The van der Waals surface area contributed by atoms with Crippen molar-refractivity contribution < 1.29 is 0 Å². The molecule has 104 valence electrons. The smallest absolute Gasteiger partial charge is 0.0179 e. The fraction of sp³-hybridized carbons (Fsp3) is 0.143. The molecule has 0 aliphatic rings. The molecule has 3 aromatic rings. The number of benzene rings is 3. The van der Waals surface area contributed by atoms with Gasteiger partial charge >= 0.3 is 0 Å². The number of aryl methyl sites for hydroxylation is 3. The molecule has 0 saturated carbocycles. The molecule has 0 saturated heterocycles. The van der Waals surface area contributed by atoms with Gasteiger partial charge in [-0.15, -0.1) is 0 Å². The van der Waals surface area contributed by atoms with Crippen molar-refractivity contribution in [2.75, 3.05) is 0 Å². The number of hydrogen-bond donors (Lipinski definition) is 0. The first-order valence-electron chi connectivity index (χ1n) is 7.37. The van der Waals surface area contributed by atoms with Crippen LogP contribution in [0, 0.1) is 20.8 Å². The first-order chi connectivity index (χ1) is 10.1. The van der Waals surface area contributed by atoms with Crippen LogP contribution in [0.2, 0.25) is 0 Å². The van der Waals surface area contributed by atoms with Gasteiger partial charge < -0.3 is 0 Å². The minimum absolute atomic E-state index is 1.27. The summed E-state index contributed by atoms with van der Waals surface area (Å²) in [5, 5.41) is 0. The number of hydrogen-bond acceptors (Lipinski definition) is 0.